The molecule has 3 aromatic rings. The Morgan fingerprint density at radius 1 is 1.14 bits per heavy atom. The maximum atomic E-state index is 12.9. The zero-order valence-electron chi connectivity index (χ0n) is 21.5. The van der Waals surface area contributed by atoms with E-state index in [0.29, 0.717) is 17.2 Å². The molecule has 1 amide bonds. The van der Waals surface area contributed by atoms with Gasteiger partial charge >= 0.3 is 0 Å². The Balaban J connectivity index is 1.72. The monoisotopic (exact) mass is 486 g/mol. The molecule has 0 fully saturated rings. The molecule has 0 bridgehead atoms. The van der Waals surface area contributed by atoms with Crippen molar-refractivity contribution in [3.63, 3.8) is 0 Å². The molecule has 3 N–H and O–H groups in total. The van der Waals surface area contributed by atoms with E-state index in [4.69, 9.17) is 0 Å². The van der Waals surface area contributed by atoms with E-state index in [1.165, 1.54) is 5.70 Å². The fraction of sp³-hybridized carbons (Fsp3) is 0.296. The molecule has 0 radical (unpaired) electrons. The molecule has 0 saturated carbocycles. The number of anilines is 2. The topological polar surface area (TPSA) is 108 Å². The Morgan fingerprint density at radius 2 is 1.97 bits per heavy atom. The second-order valence-electron chi connectivity index (χ2n) is 8.33. The first-order valence-corrected chi connectivity index (χ1v) is 11.9. The summed E-state index contributed by atoms with van der Waals surface area (Å²) in [5.41, 5.74) is 5.40. The zero-order valence-corrected chi connectivity index (χ0v) is 21.5. The molecule has 9 nitrogen and oxygen atoms in total. The third kappa shape index (κ3) is 7.44. The Kier molecular flexibility index (Phi) is 9.64. The van der Waals surface area contributed by atoms with E-state index < -0.39 is 0 Å². The van der Waals surface area contributed by atoms with Crippen molar-refractivity contribution < 1.29 is 4.79 Å². The molecule has 36 heavy (non-hydrogen) atoms. The highest BCUT2D eigenvalue weighted by molar-refractivity contribution is 5.96. The highest BCUT2D eigenvalue weighted by atomic mass is 16.1. The molecule has 0 aliphatic rings. The number of pyridine rings is 2. The number of rotatable bonds is 11. The molecule has 0 saturated heterocycles. The van der Waals surface area contributed by atoms with Gasteiger partial charge in [-0.2, -0.15) is 0 Å². The number of carbonyl (C=O) groups is 1. The van der Waals surface area contributed by atoms with E-state index in [1.54, 1.807) is 30.9 Å². The number of carbonyl (C=O) groups excluding carboxylic acids is 1. The minimum Gasteiger partial charge on any atom is -0.377 e. The van der Waals surface area contributed by atoms with Crippen LogP contribution in [0.15, 0.2) is 72.6 Å². The SMILES string of the molecule is CC/C(=C\C=C(/C)NC(=O)c1cnc(C)c(Nc2nccc(-c3cccnc3)n2)c1)N(C)CCNC. The molecule has 188 valence electrons. The lowest BCUT2D eigenvalue weighted by Gasteiger charge is -2.21. The van der Waals surface area contributed by atoms with E-state index in [-0.39, 0.29) is 5.91 Å². The smallest absolute Gasteiger partial charge is 0.257 e. The summed E-state index contributed by atoms with van der Waals surface area (Å²) < 4.78 is 0. The number of hydrogen-bond acceptors (Lipinski definition) is 8. The third-order valence-corrected chi connectivity index (χ3v) is 5.59. The third-order valence-electron chi connectivity index (χ3n) is 5.59. The van der Waals surface area contributed by atoms with Crippen molar-refractivity contribution in [3.05, 3.63) is 83.9 Å². The summed E-state index contributed by atoms with van der Waals surface area (Å²) in [7, 11) is 4.01. The van der Waals surface area contributed by atoms with Gasteiger partial charge < -0.3 is 20.9 Å². The minimum absolute atomic E-state index is 0.237. The first-order chi connectivity index (χ1) is 17.4. The van der Waals surface area contributed by atoms with Crippen molar-refractivity contribution in [3.8, 4) is 11.3 Å². The summed E-state index contributed by atoms with van der Waals surface area (Å²) >= 11 is 0. The van der Waals surface area contributed by atoms with Crippen LogP contribution in [0.3, 0.4) is 0 Å². The Labute approximate surface area is 212 Å². The number of likely N-dealkylation sites (N-methyl/N-ethyl adjacent to an activating group) is 2. The molecule has 0 atom stereocenters. The normalized spacial score (nSPS) is 11.8. The molecular weight excluding hydrogens is 452 g/mol. The highest BCUT2D eigenvalue weighted by Gasteiger charge is 2.11. The molecule has 3 aromatic heterocycles. The second kappa shape index (κ2) is 13.1. The van der Waals surface area contributed by atoms with Gasteiger partial charge in [0, 0.05) is 61.9 Å². The lowest BCUT2D eigenvalue weighted by molar-refractivity contribution is 0.0965. The Hall–Kier alpha value is -4.11. The van der Waals surface area contributed by atoms with Gasteiger partial charge in [0.1, 0.15) is 0 Å². The van der Waals surface area contributed by atoms with Crippen molar-refractivity contribution in [1.82, 2.24) is 35.5 Å². The van der Waals surface area contributed by atoms with Crippen LogP contribution in [0.4, 0.5) is 11.6 Å². The molecule has 0 unspecified atom stereocenters. The molecular formula is C27H34N8O. The van der Waals surface area contributed by atoms with Gasteiger partial charge in [0.2, 0.25) is 5.95 Å². The fourth-order valence-corrected chi connectivity index (χ4v) is 3.45. The van der Waals surface area contributed by atoms with Gasteiger partial charge in [-0.3, -0.25) is 14.8 Å². The van der Waals surface area contributed by atoms with Gasteiger partial charge in [-0.15, -0.1) is 0 Å². The maximum Gasteiger partial charge on any atom is 0.257 e. The molecule has 9 heteroatoms. The maximum absolute atomic E-state index is 12.9. The van der Waals surface area contributed by atoms with Crippen LogP contribution in [-0.2, 0) is 0 Å². The predicted molar refractivity (Wildman–Crippen MR) is 144 cm³/mol. The summed E-state index contributed by atoms with van der Waals surface area (Å²) in [6, 6.07) is 7.37. The van der Waals surface area contributed by atoms with Crippen molar-refractivity contribution in [1.29, 1.82) is 0 Å². The quantitative estimate of drug-likeness (QED) is 0.348. The molecule has 0 aliphatic heterocycles. The first-order valence-electron chi connectivity index (χ1n) is 11.9. The summed E-state index contributed by atoms with van der Waals surface area (Å²) in [6.07, 6.45) is 11.6. The van der Waals surface area contributed by atoms with Crippen LogP contribution in [-0.4, -0.2) is 57.9 Å². The number of amides is 1. The molecule has 0 spiro atoms. The van der Waals surface area contributed by atoms with Crippen molar-refractivity contribution in [2.75, 3.05) is 32.5 Å². The molecule has 3 rings (SSSR count). The summed E-state index contributed by atoms with van der Waals surface area (Å²) in [5, 5.41) is 9.29. The van der Waals surface area contributed by atoms with Crippen LogP contribution >= 0.6 is 0 Å². The number of nitrogens with zero attached hydrogens (tertiary/aromatic N) is 5. The van der Waals surface area contributed by atoms with Crippen molar-refractivity contribution in [2.24, 2.45) is 0 Å². The van der Waals surface area contributed by atoms with Gasteiger partial charge in [-0.1, -0.05) is 6.92 Å². The van der Waals surface area contributed by atoms with Crippen LogP contribution in [0.5, 0.6) is 0 Å². The number of allylic oxidation sites excluding steroid dienone is 4. The lowest BCUT2D eigenvalue weighted by Crippen LogP contribution is -2.26. The number of aromatic nitrogens is 4. The van der Waals surface area contributed by atoms with Crippen LogP contribution in [0.2, 0.25) is 0 Å². The van der Waals surface area contributed by atoms with Crippen LogP contribution in [0.25, 0.3) is 11.3 Å². The van der Waals surface area contributed by atoms with E-state index in [9.17, 15) is 4.79 Å². The molecule has 3 heterocycles. The van der Waals surface area contributed by atoms with Gasteiger partial charge in [-0.25, -0.2) is 9.97 Å². The summed E-state index contributed by atoms with van der Waals surface area (Å²) in [5.74, 6) is 0.175. The minimum atomic E-state index is -0.237. The van der Waals surface area contributed by atoms with Crippen LogP contribution in [0, 0.1) is 6.92 Å². The highest BCUT2D eigenvalue weighted by Crippen LogP contribution is 2.21. The van der Waals surface area contributed by atoms with Crippen LogP contribution < -0.4 is 16.0 Å². The first kappa shape index (κ1) is 26.5. The van der Waals surface area contributed by atoms with Gasteiger partial charge in [0.25, 0.3) is 5.91 Å². The average molecular weight is 487 g/mol. The summed E-state index contributed by atoms with van der Waals surface area (Å²) in [4.78, 5) is 32.5. The Morgan fingerprint density at radius 3 is 2.69 bits per heavy atom. The largest absolute Gasteiger partial charge is 0.377 e. The number of aryl methyl sites for hydroxylation is 1. The van der Waals surface area contributed by atoms with E-state index in [2.05, 4.69) is 54.8 Å². The van der Waals surface area contributed by atoms with Crippen molar-refractivity contribution in [2.45, 2.75) is 27.2 Å². The van der Waals surface area contributed by atoms with Gasteiger partial charge in [0.05, 0.1) is 22.6 Å². The van der Waals surface area contributed by atoms with E-state index in [1.807, 2.05) is 51.2 Å². The van der Waals surface area contributed by atoms with Gasteiger partial charge in [0.15, 0.2) is 0 Å². The zero-order chi connectivity index (χ0) is 25.9. The second-order valence-corrected chi connectivity index (χ2v) is 8.33. The number of nitrogens with one attached hydrogen (secondary N) is 3. The van der Waals surface area contributed by atoms with Crippen molar-refractivity contribution >= 4 is 17.5 Å². The Bertz CT molecular complexity index is 1220. The van der Waals surface area contributed by atoms with Crippen LogP contribution in [0.1, 0.15) is 36.3 Å². The van der Waals surface area contributed by atoms with Gasteiger partial charge in [-0.05, 0) is 63.7 Å². The predicted octanol–water partition coefficient (Wildman–Crippen LogP) is 4.06. The molecule has 0 aliphatic carbocycles. The fourth-order valence-electron chi connectivity index (χ4n) is 3.45. The molecule has 0 aromatic carbocycles. The summed E-state index contributed by atoms with van der Waals surface area (Å²) in [6.45, 7) is 7.67. The standard InChI is InChI=1S/C27H34N8O/c1-6-23(35(5)15-14-28-4)10-9-19(2)32-26(36)22-16-25(20(3)31-18-22)34-27-30-13-11-24(33-27)21-8-7-12-29-17-21/h7-13,16-18,28H,6,14-15H2,1-5H3,(H,32,36)(H,30,33,34)/b19-9+,23-10+. The van der Waals surface area contributed by atoms with E-state index in [0.717, 1.165) is 42.2 Å². The van der Waals surface area contributed by atoms with E-state index >= 15 is 0 Å². The number of hydrogen-bond donors (Lipinski definition) is 3. The lowest BCUT2D eigenvalue weighted by atomic mass is 10.2. The average Bonchev–Trinajstić information content (AvgIpc) is 2.89.